The van der Waals surface area contributed by atoms with Gasteiger partial charge in [-0.3, -0.25) is 9.59 Å². The van der Waals surface area contributed by atoms with Crippen molar-refractivity contribution in [2.45, 2.75) is 6.54 Å². The summed E-state index contributed by atoms with van der Waals surface area (Å²) in [4.78, 5) is 25.1. The molecule has 1 heterocycles. The van der Waals surface area contributed by atoms with Crippen LogP contribution in [0.4, 0.5) is 4.39 Å². The van der Waals surface area contributed by atoms with Crippen molar-refractivity contribution in [1.29, 1.82) is 0 Å². The predicted molar refractivity (Wildman–Crippen MR) is 100 cm³/mol. The van der Waals surface area contributed by atoms with Gasteiger partial charge in [0.25, 0.3) is 5.91 Å². The van der Waals surface area contributed by atoms with E-state index in [0.717, 1.165) is 5.56 Å². The van der Waals surface area contributed by atoms with Crippen molar-refractivity contribution in [3.63, 3.8) is 0 Å². The van der Waals surface area contributed by atoms with Crippen molar-refractivity contribution in [2.24, 2.45) is 0 Å². The quantitative estimate of drug-likeness (QED) is 0.698. The molecule has 0 saturated carbocycles. The molecule has 2 aromatic carbocycles. The highest BCUT2D eigenvalue weighted by Crippen LogP contribution is 2.29. The van der Waals surface area contributed by atoms with Crippen LogP contribution >= 0.6 is 11.3 Å². The number of halogens is 1. The molecule has 4 nitrogen and oxygen atoms in total. The van der Waals surface area contributed by atoms with Gasteiger partial charge in [0.1, 0.15) is 5.82 Å². The number of carbonyl (C=O) groups excluding carboxylic acids is 2. The molecule has 0 spiro atoms. The summed E-state index contributed by atoms with van der Waals surface area (Å²) in [5.74, 6) is -0.956. The van der Waals surface area contributed by atoms with Gasteiger partial charge in [0.2, 0.25) is 5.91 Å². The molecule has 0 unspecified atom stereocenters. The molecule has 6 heteroatoms. The first-order valence-corrected chi connectivity index (χ1v) is 8.88. The van der Waals surface area contributed by atoms with E-state index in [9.17, 15) is 14.0 Å². The van der Waals surface area contributed by atoms with E-state index in [1.54, 1.807) is 30.3 Å². The summed E-state index contributed by atoms with van der Waals surface area (Å²) in [6, 6.07) is 19.3. The van der Waals surface area contributed by atoms with Crippen LogP contribution in [0, 0.1) is 5.82 Å². The third-order valence-corrected chi connectivity index (χ3v) is 4.83. The van der Waals surface area contributed by atoms with Crippen LogP contribution in [-0.4, -0.2) is 18.4 Å². The Hall–Kier alpha value is -2.99. The van der Waals surface area contributed by atoms with Crippen LogP contribution in [0.5, 0.6) is 0 Å². The second-order valence-corrected chi connectivity index (χ2v) is 6.67. The van der Waals surface area contributed by atoms with Gasteiger partial charge >= 0.3 is 0 Å². The number of hydrogen-bond donors (Lipinski definition) is 2. The molecule has 0 aliphatic heterocycles. The standard InChI is InChI=1S/C20H17FN2O2S/c21-16-9-5-4-8-15(16)17-10-11-18(26-17)20(25)23-13-19(24)22-12-14-6-2-1-3-7-14/h1-11H,12-13H2,(H,22,24)(H,23,25). The SMILES string of the molecule is O=C(CNC(=O)c1ccc(-c2ccccc2F)s1)NCc1ccccc1. The lowest BCUT2D eigenvalue weighted by atomic mass is 10.2. The van der Waals surface area contributed by atoms with Crippen LogP contribution in [0.3, 0.4) is 0 Å². The molecule has 3 aromatic rings. The van der Waals surface area contributed by atoms with E-state index in [-0.39, 0.29) is 24.2 Å². The van der Waals surface area contributed by atoms with Gasteiger partial charge in [0.15, 0.2) is 0 Å². The number of benzene rings is 2. The molecule has 1 aromatic heterocycles. The Labute approximate surface area is 154 Å². The smallest absolute Gasteiger partial charge is 0.261 e. The maximum Gasteiger partial charge on any atom is 0.261 e. The van der Waals surface area contributed by atoms with Gasteiger partial charge in [0.05, 0.1) is 11.4 Å². The summed E-state index contributed by atoms with van der Waals surface area (Å²) in [6.07, 6.45) is 0. The lowest BCUT2D eigenvalue weighted by molar-refractivity contribution is -0.120. The van der Waals surface area contributed by atoms with Crippen molar-refractivity contribution in [3.8, 4) is 10.4 Å². The molecule has 0 fully saturated rings. The number of hydrogen-bond acceptors (Lipinski definition) is 3. The topological polar surface area (TPSA) is 58.2 Å². The predicted octanol–water partition coefficient (Wildman–Crippen LogP) is 3.60. The van der Waals surface area contributed by atoms with Crippen LogP contribution < -0.4 is 10.6 Å². The van der Waals surface area contributed by atoms with Gasteiger partial charge in [-0.2, -0.15) is 0 Å². The first kappa shape index (κ1) is 17.8. The summed E-state index contributed by atoms with van der Waals surface area (Å²) in [5, 5.41) is 5.32. The zero-order valence-corrected chi connectivity index (χ0v) is 14.7. The summed E-state index contributed by atoms with van der Waals surface area (Å²) < 4.78 is 13.8. The van der Waals surface area contributed by atoms with Crippen molar-refractivity contribution < 1.29 is 14.0 Å². The van der Waals surface area contributed by atoms with Crippen LogP contribution in [0.25, 0.3) is 10.4 Å². The fourth-order valence-electron chi connectivity index (χ4n) is 2.37. The molecule has 2 N–H and O–H groups in total. The van der Waals surface area contributed by atoms with Crippen LogP contribution in [0.15, 0.2) is 66.7 Å². The number of thiophene rings is 1. The average Bonchev–Trinajstić information content (AvgIpc) is 3.15. The molecule has 26 heavy (non-hydrogen) atoms. The molecule has 0 aliphatic carbocycles. The highest BCUT2D eigenvalue weighted by Gasteiger charge is 2.13. The summed E-state index contributed by atoms with van der Waals surface area (Å²) in [7, 11) is 0. The molecule has 2 amide bonds. The van der Waals surface area contributed by atoms with E-state index < -0.39 is 0 Å². The zero-order chi connectivity index (χ0) is 18.4. The van der Waals surface area contributed by atoms with Crippen molar-refractivity contribution >= 4 is 23.2 Å². The number of carbonyl (C=O) groups is 2. The van der Waals surface area contributed by atoms with E-state index in [1.807, 2.05) is 30.3 Å². The molecule has 132 valence electrons. The van der Waals surface area contributed by atoms with Gasteiger partial charge in [-0.1, -0.05) is 48.5 Å². The van der Waals surface area contributed by atoms with E-state index in [1.165, 1.54) is 17.4 Å². The maximum atomic E-state index is 13.8. The van der Waals surface area contributed by atoms with Gasteiger partial charge in [-0.15, -0.1) is 11.3 Å². The molecule has 0 aliphatic rings. The second kappa shape index (κ2) is 8.40. The fraction of sp³-hybridized carbons (Fsp3) is 0.100. The monoisotopic (exact) mass is 368 g/mol. The Bertz CT molecular complexity index is 909. The van der Waals surface area contributed by atoms with Gasteiger partial charge in [0, 0.05) is 17.0 Å². The zero-order valence-electron chi connectivity index (χ0n) is 13.9. The van der Waals surface area contributed by atoms with Crippen molar-refractivity contribution in [2.75, 3.05) is 6.54 Å². The van der Waals surface area contributed by atoms with E-state index in [2.05, 4.69) is 10.6 Å². The third kappa shape index (κ3) is 4.55. The van der Waals surface area contributed by atoms with E-state index in [4.69, 9.17) is 0 Å². The third-order valence-electron chi connectivity index (χ3n) is 3.71. The van der Waals surface area contributed by atoms with E-state index in [0.29, 0.717) is 21.9 Å². The molecular weight excluding hydrogens is 351 g/mol. The Morgan fingerprint density at radius 3 is 2.38 bits per heavy atom. The van der Waals surface area contributed by atoms with Gasteiger partial charge in [-0.25, -0.2) is 4.39 Å². The van der Waals surface area contributed by atoms with Gasteiger partial charge in [-0.05, 0) is 23.8 Å². The Morgan fingerprint density at radius 2 is 1.62 bits per heavy atom. The molecular formula is C20H17FN2O2S. The number of rotatable bonds is 6. The van der Waals surface area contributed by atoms with Crippen LogP contribution in [0.2, 0.25) is 0 Å². The summed E-state index contributed by atoms with van der Waals surface area (Å²) >= 11 is 1.19. The maximum absolute atomic E-state index is 13.8. The number of amides is 2. The first-order valence-electron chi connectivity index (χ1n) is 8.07. The van der Waals surface area contributed by atoms with Crippen molar-refractivity contribution in [3.05, 3.63) is 83.0 Å². The molecule has 0 radical (unpaired) electrons. The minimum absolute atomic E-state index is 0.113. The summed E-state index contributed by atoms with van der Waals surface area (Å²) in [6.45, 7) is 0.296. The Kier molecular flexibility index (Phi) is 5.76. The minimum atomic E-state index is -0.354. The Balaban J connectivity index is 1.52. The summed E-state index contributed by atoms with van der Waals surface area (Å²) in [5.41, 5.74) is 1.44. The lowest BCUT2D eigenvalue weighted by Crippen LogP contribution is -2.36. The molecule has 0 saturated heterocycles. The average molecular weight is 368 g/mol. The molecule has 0 atom stereocenters. The van der Waals surface area contributed by atoms with E-state index >= 15 is 0 Å². The van der Waals surface area contributed by atoms with Crippen LogP contribution in [-0.2, 0) is 11.3 Å². The normalized spacial score (nSPS) is 10.3. The number of nitrogens with one attached hydrogen (secondary N) is 2. The second-order valence-electron chi connectivity index (χ2n) is 5.59. The van der Waals surface area contributed by atoms with Crippen molar-refractivity contribution in [1.82, 2.24) is 10.6 Å². The van der Waals surface area contributed by atoms with Gasteiger partial charge < -0.3 is 10.6 Å². The molecule has 0 bridgehead atoms. The highest BCUT2D eigenvalue weighted by molar-refractivity contribution is 7.17. The molecule has 3 rings (SSSR count). The largest absolute Gasteiger partial charge is 0.350 e. The minimum Gasteiger partial charge on any atom is -0.350 e. The first-order chi connectivity index (χ1) is 12.6. The van der Waals surface area contributed by atoms with Crippen LogP contribution in [0.1, 0.15) is 15.2 Å². The highest BCUT2D eigenvalue weighted by atomic mass is 32.1. The Morgan fingerprint density at radius 1 is 0.885 bits per heavy atom. The lowest BCUT2D eigenvalue weighted by Gasteiger charge is -2.06. The fourth-order valence-corrected chi connectivity index (χ4v) is 3.32.